The minimum Gasteiger partial charge on any atom is -0.482 e. The number of carboxylic acids is 1. The maximum Gasteiger partial charge on any atom is 0.341 e. The molecule has 7 heteroatoms. The lowest BCUT2D eigenvalue weighted by Gasteiger charge is -2.10. The van der Waals surface area contributed by atoms with Crippen molar-refractivity contribution in [3.8, 4) is 17.2 Å². The predicted molar refractivity (Wildman–Crippen MR) is 122 cm³/mol. The summed E-state index contributed by atoms with van der Waals surface area (Å²) in [6.45, 7) is 7.68. The number of carboxylic acid groups (broad SMARTS) is 1. The van der Waals surface area contributed by atoms with Gasteiger partial charge in [-0.3, -0.25) is 0 Å². The molecule has 32 heavy (non-hydrogen) atoms. The number of aromatic nitrogens is 1. The molecule has 3 rings (SSSR count). The number of benzene rings is 2. The van der Waals surface area contributed by atoms with E-state index < -0.39 is 5.97 Å². The Morgan fingerprint density at radius 3 is 2.53 bits per heavy atom. The zero-order valence-electron chi connectivity index (χ0n) is 18.8. The van der Waals surface area contributed by atoms with Crippen LogP contribution < -0.4 is 4.74 Å². The molecule has 0 bridgehead atoms. The zero-order chi connectivity index (χ0) is 23.1. The quantitative estimate of drug-likeness (QED) is 0.344. The zero-order valence-corrected chi connectivity index (χ0v) is 18.8. The number of aryl methyl sites for hydroxylation is 3. The van der Waals surface area contributed by atoms with E-state index in [9.17, 15) is 4.79 Å². The molecule has 0 saturated carbocycles. The second-order valence-corrected chi connectivity index (χ2v) is 7.63. The molecule has 0 saturated heterocycles. The van der Waals surface area contributed by atoms with E-state index >= 15 is 0 Å². The summed E-state index contributed by atoms with van der Waals surface area (Å²) >= 11 is 0. The van der Waals surface area contributed by atoms with E-state index in [1.54, 1.807) is 6.07 Å². The highest BCUT2D eigenvalue weighted by atomic mass is 16.6. The van der Waals surface area contributed by atoms with Gasteiger partial charge < -0.3 is 19.1 Å². The SMILES string of the molecule is CCC(Cc1ccc(OCC(=O)O)c(C)c1)=NOCc1nc(-c2ccc(C)cc2)oc1C. The van der Waals surface area contributed by atoms with Gasteiger partial charge in [-0.1, -0.05) is 41.9 Å². The summed E-state index contributed by atoms with van der Waals surface area (Å²) in [6, 6.07) is 13.7. The highest BCUT2D eigenvalue weighted by molar-refractivity contribution is 5.85. The van der Waals surface area contributed by atoms with Crippen LogP contribution in [0.4, 0.5) is 0 Å². The number of rotatable bonds is 10. The smallest absolute Gasteiger partial charge is 0.341 e. The third-order valence-electron chi connectivity index (χ3n) is 4.99. The van der Waals surface area contributed by atoms with Gasteiger partial charge in [0.1, 0.15) is 17.2 Å². The highest BCUT2D eigenvalue weighted by Gasteiger charge is 2.12. The minimum atomic E-state index is -1.00. The van der Waals surface area contributed by atoms with Crippen molar-refractivity contribution >= 4 is 11.7 Å². The number of hydrogen-bond donors (Lipinski definition) is 1. The predicted octanol–water partition coefficient (Wildman–Crippen LogP) is 5.26. The van der Waals surface area contributed by atoms with Gasteiger partial charge in [-0.05, 0) is 56.5 Å². The van der Waals surface area contributed by atoms with Gasteiger partial charge in [0, 0.05) is 12.0 Å². The molecule has 0 spiro atoms. The van der Waals surface area contributed by atoms with Crippen LogP contribution in [0.5, 0.6) is 5.75 Å². The third kappa shape index (κ3) is 6.20. The van der Waals surface area contributed by atoms with Crippen molar-refractivity contribution in [3.05, 3.63) is 70.6 Å². The average molecular weight is 437 g/mol. The molecule has 1 heterocycles. The Morgan fingerprint density at radius 2 is 1.88 bits per heavy atom. The van der Waals surface area contributed by atoms with E-state index in [0.29, 0.717) is 23.8 Å². The van der Waals surface area contributed by atoms with Gasteiger partial charge >= 0.3 is 5.97 Å². The Hall–Kier alpha value is -3.61. The van der Waals surface area contributed by atoms with Crippen LogP contribution in [0.25, 0.3) is 11.5 Å². The van der Waals surface area contributed by atoms with Gasteiger partial charge in [-0.15, -0.1) is 0 Å². The molecule has 1 aromatic heterocycles. The van der Waals surface area contributed by atoms with E-state index in [0.717, 1.165) is 34.5 Å². The molecular weight excluding hydrogens is 408 g/mol. The first kappa shape index (κ1) is 23.1. The molecule has 3 aromatic rings. The molecule has 0 unspecified atom stereocenters. The van der Waals surface area contributed by atoms with Crippen LogP contribution >= 0.6 is 0 Å². The number of carbonyl (C=O) groups is 1. The molecular formula is C25H28N2O5. The molecule has 0 radical (unpaired) electrons. The third-order valence-corrected chi connectivity index (χ3v) is 4.99. The maximum atomic E-state index is 10.7. The highest BCUT2D eigenvalue weighted by Crippen LogP contribution is 2.23. The lowest BCUT2D eigenvalue weighted by Crippen LogP contribution is -2.10. The fraction of sp³-hybridized carbons (Fsp3) is 0.320. The summed E-state index contributed by atoms with van der Waals surface area (Å²) in [5.41, 5.74) is 5.64. The van der Waals surface area contributed by atoms with E-state index in [1.807, 2.05) is 64.1 Å². The molecule has 0 atom stereocenters. The number of oxazole rings is 1. The Kier molecular flexibility index (Phi) is 7.65. The molecule has 0 amide bonds. The average Bonchev–Trinajstić information content (AvgIpc) is 3.13. The summed E-state index contributed by atoms with van der Waals surface area (Å²) in [4.78, 5) is 20.8. The van der Waals surface area contributed by atoms with Gasteiger partial charge in [0.15, 0.2) is 13.2 Å². The summed E-state index contributed by atoms with van der Waals surface area (Å²) in [7, 11) is 0. The summed E-state index contributed by atoms with van der Waals surface area (Å²) < 4.78 is 11.1. The second-order valence-electron chi connectivity index (χ2n) is 7.63. The molecule has 168 valence electrons. The van der Waals surface area contributed by atoms with E-state index in [4.69, 9.17) is 19.1 Å². The topological polar surface area (TPSA) is 94.2 Å². The van der Waals surface area contributed by atoms with Crippen molar-refractivity contribution in [2.24, 2.45) is 5.16 Å². The normalized spacial score (nSPS) is 11.4. The van der Waals surface area contributed by atoms with Crippen LogP contribution in [0.1, 0.15) is 41.5 Å². The molecule has 1 N–H and O–H groups in total. The van der Waals surface area contributed by atoms with E-state index in [-0.39, 0.29) is 13.2 Å². The summed E-state index contributed by atoms with van der Waals surface area (Å²) in [5.74, 6) is 0.843. The molecule has 0 aliphatic carbocycles. The van der Waals surface area contributed by atoms with Crippen molar-refractivity contribution in [1.82, 2.24) is 4.98 Å². The molecule has 0 fully saturated rings. The molecule has 7 nitrogen and oxygen atoms in total. The van der Waals surface area contributed by atoms with E-state index in [1.165, 1.54) is 5.56 Å². The number of aliphatic carboxylic acids is 1. The van der Waals surface area contributed by atoms with Gasteiger partial charge in [-0.2, -0.15) is 0 Å². The maximum absolute atomic E-state index is 10.7. The van der Waals surface area contributed by atoms with Crippen LogP contribution in [0.2, 0.25) is 0 Å². The van der Waals surface area contributed by atoms with Gasteiger partial charge in [0.2, 0.25) is 5.89 Å². The standard InChI is InChI=1S/C25H28N2O5/c1-5-21(13-19-8-11-23(17(3)12-19)30-15-24(28)29)27-31-14-22-18(4)32-25(26-22)20-9-6-16(2)7-10-20/h6-12H,5,13-15H2,1-4H3,(H,28,29). The largest absolute Gasteiger partial charge is 0.482 e. The van der Waals surface area contributed by atoms with Crippen LogP contribution in [0.3, 0.4) is 0 Å². The first-order valence-electron chi connectivity index (χ1n) is 10.5. The van der Waals surface area contributed by atoms with Crippen molar-refractivity contribution in [3.63, 3.8) is 0 Å². The van der Waals surface area contributed by atoms with Crippen molar-refractivity contribution in [2.45, 2.75) is 47.1 Å². The number of oxime groups is 1. The molecule has 0 aliphatic rings. The Morgan fingerprint density at radius 1 is 1.12 bits per heavy atom. The van der Waals surface area contributed by atoms with Crippen LogP contribution in [0, 0.1) is 20.8 Å². The van der Waals surface area contributed by atoms with Crippen LogP contribution in [-0.4, -0.2) is 28.4 Å². The van der Waals surface area contributed by atoms with Gasteiger partial charge in [0.25, 0.3) is 0 Å². The lowest BCUT2D eigenvalue weighted by atomic mass is 10.0. The molecule has 2 aromatic carbocycles. The number of ether oxygens (including phenoxy) is 1. The van der Waals surface area contributed by atoms with Crippen LogP contribution in [0.15, 0.2) is 52.0 Å². The Labute approximate surface area is 187 Å². The lowest BCUT2D eigenvalue weighted by molar-refractivity contribution is -0.139. The first-order chi connectivity index (χ1) is 15.4. The van der Waals surface area contributed by atoms with Gasteiger partial charge in [-0.25, -0.2) is 9.78 Å². The van der Waals surface area contributed by atoms with Crippen LogP contribution in [-0.2, 0) is 22.7 Å². The fourth-order valence-corrected chi connectivity index (χ4v) is 3.15. The Bertz CT molecular complexity index is 1100. The summed E-state index contributed by atoms with van der Waals surface area (Å²) in [5, 5.41) is 13.1. The van der Waals surface area contributed by atoms with E-state index in [2.05, 4.69) is 10.1 Å². The number of nitrogens with zero attached hydrogens (tertiary/aromatic N) is 2. The van der Waals surface area contributed by atoms with Crippen molar-refractivity contribution < 1.29 is 23.9 Å². The first-order valence-corrected chi connectivity index (χ1v) is 10.5. The second kappa shape index (κ2) is 10.6. The Balaban J connectivity index is 1.61. The van der Waals surface area contributed by atoms with Crippen molar-refractivity contribution in [2.75, 3.05) is 6.61 Å². The summed E-state index contributed by atoms with van der Waals surface area (Å²) in [6.07, 6.45) is 1.37. The van der Waals surface area contributed by atoms with Crippen molar-refractivity contribution in [1.29, 1.82) is 0 Å². The van der Waals surface area contributed by atoms with Gasteiger partial charge in [0.05, 0.1) is 5.71 Å². The fourth-order valence-electron chi connectivity index (χ4n) is 3.15. The molecule has 0 aliphatic heterocycles. The minimum absolute atomic E-state index is 0.228. The number of hydrogen-bond acceptors (Lipinski definition) is 6. The monoisotopic (exact) mass is 436 g/mol.